The monoisotopic (exact) mass is 170 g/mol. The molecule has 0 aliphatic rings. The highest BCUT2D eigenvalue weighted by Crippen LogP contribution is 2.16. The molecule has 1 rings (SSSR count). The summed E-state index contributed by atoms with van der Waals surface area (Å²) in [7, 11) is 1.27. The second kappa shape index (κ2) is 3.92. The van der Waals surface area contributed by atoms with E-state index in [0.29, 0.717) is 5.76 Å². The minimum Gasteiger partial charge on any atom is -0.469 e. The van der Waals surface area contributed by atoms with Crippen molar-refractivity contribution in [3.63, 3.8) is 0 Å². The molecule has 0 aromatic carbocycles. The molecule has 1 aromatic heterocycles. The molecule has 0 saturated carbocycles. The normalized spacial score (nSPS) is 12.5. The van der Waals surface area contributed by atoms with E-state index < -0.39 is 12.1 Å². The van der Waals surface area contributed by atoms with Gasteiger partial charge in [0.15, 0.2) is 0 Å². The Balaban J connectivity index is 2.49. The summed E-state index contributed by atoms with van der Waals surface area (Å²) in [5, 5.41) is 9.32. The number of hydrogen-bond donors (Lipinski definition) is 1. The number of rotatable bonds is 3. The number of carbonyl (C=O) groups is 1. The lowest BCUT2D eigenvalue weighted by molar-refractivity contribution is -0.143. The van der Waals surface area contributed by atoms with Crippen LogP contribution >= 0.6 is 0 Å². The van der Waals surface area contributed by atoms with Crippen molar-refractivity contribution in [3.8, 4) is 0 Å². The fraction of sp³-hybridized carbons (Fsp3) is 0.375. The first-order valence-corrected chi connectivity index (χ1v) is 3.52. The van der Waals surface area contributed by atoms with Crippen molar-refractivity contribution in [1.82, 2.24) is 0 Å². The van der Waals surface area contributed by atoms with E-state index in [1.165, 1.54) is 13.4 Å². The lowest BCUT2D eigenvalue weighted by Crippen LogP contribution is -2.07. The molecule has 0 spiro atoms. The fourth-order valence-corrected chi connectivity index (χ4v) is 0.823. The molecule has 0 unspecified atom stereocenters. The van der Waals surface area contributed by atoms with Gasteiger partial charge in [-0.05, 0) is 12.1 Å². The highest BCUT2D eigenvalue weighted by Gasteiger charge is 2.14. The lowest BCUT2D eigenvalue weighted by Gasteiger charge is -2.04. The van der Waals surface area contributed by atoms with Gasteiger partial charge in [0.25, 0.3) is 0 Å². The first-order chi connectivity index (χ1) is 5.74. The van der Waals surface area contributed by atoms with Crippen molar-refractivity contribution in [2.75, 3.05) is 7.11 Å². The Hall–Kier alpha value is -1.29. The van der Waals surface area contributed by atoms with E-state index in [9.17, 15) is 9.90 Å². The maximum absolute atomic E-state index is 10.7. The van der Waals surface area contributed by atoms with E-state index in [1.807, 2.05) is 0 Å². The molecule has 66 valence electrons. The van der Waals surface area contributed by atoms with Crippen LogP contribution in [0.2, 0.25) is 0 Å². The SMILES string of the molecule is COC(=O)C[C@@H](O)c1ccco1. The maximum atomic E-state index is 10.7. The number of ether oxygens (including phenoxy) is 1. The number of furan rings is 1. The van der Waals surface area contributed by atoms with Crippen LogP contribution in [0.5, 0.6) is 0 Å². The highest BCUT2D eigenvalue weighted by molar-refractivity contribution is 5.69. The summed E-state index contributed by atoms with van der Waals surface area (Å²) in [5.74, 6) is -0.0840. The molecule has 1 N–H and O–H groups in total. The van der Waals surface area contributed by atoms with Crippen molar-refractivity contribution in [3.05, 3.63) is 24.2 Å². The quantitative estimate of drug-likeness (QED) is 0.684. The van der Waals surface area contributed by atoms with Crippen molar-refractivity contribution < 1.29 is 19.1 Å². The molecular weight excluding hydrogens is 160 g/mol. The number of esters is 1. The average Bonchev–Trinajstić information content (AvgIpc) is 2.56. The second-order valence-electron chi connectivity index (χ2n) is 2.31. The summed E-state index contributed by atoms with van der Waals surface area (Å²) < 4.78 is 9.26. The third kappa shape index (κ3) is 2.10. The Morgan fingerprint density at radius 2 is 2.58 bits per heavy atom. The maximum Gasteiger partial charge on any atom is 0.308 e. The van der Waals surface area contributed by atoms with E-state index in [4.69, 9.17) is 4.42 Å². The predicted molar refractivity (Wildman–Crippen MR) is 40.3 cm³/mol. The van der Waals surface area contributed by atoms with Gasteiger partial charge in [-0.2, -0.15) is 0 Å². The third-order valence-corrected chi connectivity index (χ3v) is 1.46. The minimum absolute atomic E-state index is 0.0794. The standard InChI is InChI=1S/C8H10O4/c1-11-8(10)5-6(9)7-3-2-4-12-7/h2-4,6,9H,5H2,1H3/t6-/m1/s1. The largest absolute Gasteiger partial charge is 0.469 e. The summed E-state index contributed by atoms with van der Waals surface area (Å²) in [6.45, 7) is 0. The Morgan fingerprint density at radius 3 is 3.08 bits per heavy atom. The third-order valence-electron chi connectivity index (χ3n) is 1.46. The molecule has 0 amide bonds. The summed E-state index contributed by atoms with van der Waals surface area (Å²) in [6.07, 6.45) is 0.451. The van der Waals surface area contributed by atoms with Crippen molar-refractivity contribution in [2.24, 2.45) is 0 Å². The summed E-state index contributed by atoms with van der Waals surface area (Å²) >= 11 is 0. The van der Waals surface area contributed by atoms with Gasteiger partial charge in [0, 0.05) is 0 Å². The molecule has 4 nitrogen and oxygen atoms in total. The van der Waals surface area contributed by atoms with Gasteiger partial charge in [0.2, 0.25) is 0 Å². The Kier molecular flexibility index (Phi) is 2.88. The summed E-state index contributed by atoms with van der Waals surface area (Å²) in [4.78, 5) is 10.7. The molecule has 0 saturated heterocycles. The van der Waals surface area contributed by atoms with E-state index in [1.54, 1.807) is 12.1 Å². The topological polar surface area (TPSA) is 59.7 Å². The van der Waals surface area contributed by atoms with Crippen molar-refractivity contribution >= 4 is 5.97 Å². The van der Waals surface area contributed by atoms with Gasteiger partial charge < -0.3 is 14.3 Å². The van der Waals surface area contributed by atoms with E-state index >= 15 is 0 Å². The van der Waals surface area contributed by atoms with Crippen LogP contribution in [0.4, 0.5) is 0 Å². The van der Waals surface area contributed by atoms with Crippen LogP contribution in [0.1, 0.15) is 18.3 Å². The van der Waals surface area contributed by atoms with Crippen molar-refractivity contribution in [1.29, 1.82) is 0 Å². The summed E-state index contributed by atoms with van der Waals surface area (Å²) in [6, 6.07) is 3.25. The number of aliphatic hydroxyl groups is 1. The number of hydrogen-bond acceptors (Lipinski definition) is 4. The molecule has 1 heterocycles. The van der Waals surface area contributed by atoms with Crippen LogP contribution < -0.4 is 0 Å². The van der Waals surface area contributed by atoms with Crippen LogP contribution in [0.15, 0.2) is 22.8 Å². The van der Waals surface area contributed by atoms with Crippen LogP contribution in [0, 0.1) is 0 Å². The van der Waals surface area contributed by atoms with Gasteiger partial charge in [-0.1, -0.05) is 0 Å². The molecule has 0 fully saturated rings. The van der Waals surface area contributed by atoms with Gasteiger partial charge in [0.1, 0.15) is 11.9 Å². The molecule has 12 heavy (non-hydrogen) atoms. The zero-order chi connectivity index (χ0) is 8.97. The van der Waals surface area contributed by atoms with Crippen LogP contribution in [0.3, 0.4) is 0 Å². The van der Waals surface area contributed by atoms with Crippen LogP contribution in [0.25, 0.3) is 0 Å². The molecule has 0 aliphatic carbocycles. The molecule has 0 aliphatic heterocycles. The lowest BCUT2D eigenvalue weighted by atomic mass is 10.2. The number of carbonyl (C=O) groups excluding carboxylic acids is 1. The first kappa shape index (κ1) is 8.80. The average molecular weight is 170 g/mol. The fourth-order valence-electron chi connectivity index (χ4n) is 0.823. The molecule has 4 heteroatoms. The molecule has 0 bridgehead atoms. The smallest absolute Gasteiger partial charge is 0.308 e. The first-order valence-electron chi connectivity index (χ1n) is 3.52. The van der Waals surface area contributed by atoms with Gasteiger partial charge in [-0.15, -0.1) is 0 Å². The van der Waals surface area contributed by atoms with E-state index in [-0.39, 0.29) is 6.42 Å². The van der Waals surface area contributed by atoms with E-state index in [2.05, 4.69) is 4.74 Å². The number of aliphatic hydroxyl groups excluding tert-OH is 1. The van der Waals surface area contributed by atoms with Gasteiger partial charge >= 0.3 is 5.97 Å². The Bertz CT molecular complexity index is 240. The zero-order valence-electron chi connectivity index (χ0n) is 6.69. The van der Waals surface area contributed by atoms with Crippen LogP contribution in [-0.2, 0) is 9.53 Å². The molecule has 0 radical (unpaired) electrons. The highest BCUT2D eigenvalue weighted by atomic mass is 16.5. The molecule has 1 aromatic rings. The van der Waals surface area contributed by atoms with Crippen LogP contribution in [-0.4, -0.2) is 18.2 Å². The van der Waals surface area contributed by atoms with Gasteiger partial charge in [0.05, 0.1) is 19.8 Å². The zero-order valence-corrected chi connectivity index (χ0v) is 6.69. The second-order valence-corrected chi connectivity index (χ2v) is 2.31. The van der Waals surface area contributed by atoms with Gasteiger partial charge in [-0.25, -0.2) is 0 Å². The van der Waals surface area contributed by atoms with Crippen molar-refractivity contribution in [2.45, 2.75) is 12.5 Å². The van der Waals surface area contributed by atoms with Gasteiger partial charge in [-0.3, -0.25) is 4.79 Å². The molecule has 1 atom stereocenters. The predicted octanol–water partition coefficient (Wildman–Crippen LogP) is 0.876. The Labute approximate surface area is 69.8 Å². The van der Waals surface area contributed by atoms with E-state index in [0.717, 1.165) is 0 Å². The minimum atomic E-state index is -0.910. The summed E-state index contributed by atoms with van der Waals surface area (Å²) in [5.41, 5.74) is 0. The Morgan fingerprint density at radius 1 is 1.83 bits per heavy atom. The number of methoxy groups -OCH3 is 1. The molecular formula is C8H10O4.